The van der Waals surface area contributed by atoms with E-state index < -0.39 is 11.5 Å². The monoisotopic (exact) mass is 282 g/mol. The lowest BCUT2D eigenvalue weighted by atomic mass is 9.62. The van der Waals surface area contributed by atoms with Crippen LogP contribution in [0.4, 0.5) is 0 Å². The number of rotatable bonds is 5. The highest BCUT2D eigenvalue weighted by Gasteiger charge is 2.52. The molecule has 0 amide bonds. The van der Waals surface area contributed by atoms with Crippen LogP contribution in [-0.4, -0.2) is 23.8 Å². The number of ether oxygens (including phenoxy) is 1. The highest BCUT2D eigenvalue weighted by Crippen LogP contribution is 2.45. The summed E-state index contributed by atoms with van der Waals surface area (Å²) in [5.41, 5.74) is 0.129. The predicted octanol–water partition coefficient (Wildman–Crippen LogP) is 3.08. The molecule has 0 unspecified atom stereocenters. The van der Waals surface area contributed by atoms with Crippen LogP contribution < -0.4 is 0 Å². The van der Waals surface area contributed by atoms with Gasteiger partial charge in [-0.25, -0.2) is 0 Å². The van der Waals surface area contributed by atoms with E-state index in [2.05, 4.69) is 0 Å². The van der Waals surface area contributed by atoms with Gasteiger partial charge in [-0.1, -0.05) is 37.1 Å². The van der Waals surface area contributed by atoms with Crippen LogP contribution in [0, 0.1) is 0 Å². The molecule has 19 heavy (non-hydrogen) atoms. The second-order valence-corrected chi connectivity index (χ2v) is 5.58. The number of carbonyl (C=O) groups is 1. The molecule has 0 heterocycles. The van der Waals surface area contributed by atoms with Crippen LogP contribution in [0.5, 0.6) is 0 Å². The fraction of sp³-hybridized carbons (Fsp3) is 0.533. The molecule has 0 radical (unpaired) electrons. The van der Waals surface area contributed by atoms with E-state index in [0.717, 1.165) is 18.4 Å². The molecule has 0 saturated heterocycles. The van der Waals surface area contributed by atoms with E-state index in [4.69, 9.17) is 16.3 Å². The van der Waals surface area contributed by atoms with Crippen molar-refractivity contribution < 1.29 is 14.6 Å². The van der Waals surface area contributed by atoms with Crippen molar-refractivity contribution in [3.8, 4) is 0 Å². The molecule has 1 aliphatic rings. The molecule has 3 nitrogen and oxygen atoms in total. The zero-order valence-corrected chi connectivity index (χ0v) is 11.8. The lowest BCUT2D eigenvalue weighted by Crippen LogP contribution is -2.51. The van der Waals surface area contributed by atoms with Gasteiger partial charge in [0, 0.05) is 5.02 Å². The number of esters is 1. The van der Waals surface area contributed by atoms with Crippen LogP contribution in [0.25, 0.3) is 0 Å². The van der Waals surface area contributed by atoms with E-state index >= 15 is 0 Å². The van der Waals surface area contributed by atoms with Gasteiger partial charge in [0.15, 0.2) is 0 Å². The lowest BCUT2D eigenvalue weighted by molar-refractivity contribution is -0.160. The largest absolute Gasteiger partial charge is 0.465 e. The van der Waals surface area contributed by atoms with Gasteiger partial charge in [0.05, 0.1) is 18.1 Å². The first-order chi connectivity index (χ1) is 9.08. The summed E-state index contributed by atoms with van der Waals surface area (Å²) in [4.78, 5) is 12.3. The molecule has 0 bridgehead atoms. The van der Waals surface area contributed by atoms with Crippen LogP contribution in [0.2, 0.25) is 5.02 Å². The second kappa shape index (κ2) is 5.93. The SMILES string of the molecule is CCCCOC(=O)C1(c2cccc(Cl)c2)CC(O)C1. The minimum Gasteiger partial charge on any atom is -0.465 e. The van der Waals surface area contributed by atoms with E-state index in [1.165, 1.54) is 0 Å². The fourth-order valence-corrected chi connectivity index (χ4v) is 2.69. The van der Waals surface area contributed by atoms with E-state index in [1.54, 1.807) is 12.1 Å². The van der Waals surface area contributed by atoms with Crippen LogP contribution in [0.1, 0.15) is 38.2 Å². The van der Waals surface area contributed by atoms with Crippen molar-refractivity contribution in [2.75, 3.05) is 6.61 Å². The standard InChI is InChI=1S/C15H19ClO3/c1-2-3-7-19-14(18)15(9-13(17)10-15)11-5-4-6-12(16)8-11/h4-6,8,13,17H,2-3,7,9-10H2,1H3. The highest BCUT2D eigenvalue weighted by atomic mass is 35.5. The second-order valence-electron chi connectivity index (χ2n) is 5.14. The third-order valence-corrected chi connectivity index (χ3v) is 3.90. The Morgan fingerprint density at radius 3 is 2.84 bits per heavy atom. The number of hydrogen-bond acceptors (Lipinski definition) is 3. The van der Waals surface area contributed by atoms with E-state index in [-0.39, 0.29) is 5.97 Å². The van der Waals surface area contributed by atoms with Crippen LogP contribution in [0.3, 0.4) is 0 Å². The molecule has 1 saturated carbocycles. The van der Waals surface area contributed by atoms with Crippen molar-refractivity contribution in [2.24, 2.45) is 0 Å². The summed E-state index contributed by atoms with van der Waals surface area (Å²) in [6.45, 7) is 2.49. The van der Waals surface area contributed by atoms with Crippen LogP contribution in [0.15, 0.2) is 24.3 Å². The number of benzene rings is 1. The number of carbonyl (C=O) groups excluding carboxylic acids is 1. The Hall–Kier alpha value is -1.06. The van der Waals surface area contributed by atoms with Crippen LogP contribution in [-0.2, 0) is 14.9 Å². The van der Waals surface area contributed by atoms with Crippen LogP contribution >= 0.6 is 11.6 Å². The summed E-state index contributed by atoms with van der Waals surface area (Å²) in [7, 11) is 0. The molecule has 2 rings (SSSR count). The first kappa shape index (κ1) is 14.4. The Morgan fingerprint density at radius 2 is 2.26 bits per heavy atom. The van der Waals surface area contributed by atoms with Gasteiger partial charge in [-0.3, -0.25) is 4.79 Å². The van der Waals surface area contributed by atoms with Gasteiger partial charge in [-0.05, 0) is 37.0 Å². The summed E-state index contributed by atoms with van der Waals surface area (Å²) in [6, 6.07) is 7.26. The molecule has 1 N–H and O–H groups in total. The third kappa shape index (κ3) is 2.93. The van der Waals surface area contributed by atoms with Crippen molar-refractivity contribution in [3.63, 3.8) is 0 Å². The Balaban J connectivity index is 2.16. The quantitative estimate of drug-likeness (QED) is 0.667. The zero-order valence-electron chi connectivity index (χ0n) is 11.1. The number of unbranched alkanes of at least 4 members (excludes halogenated alkanes) is 1. The van der Waals surface area contributed by atoms with Gasteiger partial charge in [0.1, 0.15) is 0 Å². The molecule has 0 atom stereocenters. The molecule has 1 aromatic rings. The average Bonchev–Trinajstić information content (AvgIpc) is 2.35. The first-order valence-electron chi connectivity index (χ1n) is 6.70. The van der Waals surface area contributed by atoms with E-state index in [9.17, 15) is 9.90 Å². The van der Waals surface area contributed by atoms with Gasteiger partial charge >= 0.3 is 5.97 Å². The Morgan fingerprint density at radius 1 is 1.53 bits per heavy atom. The zero-order chi connectivity index (χ0) is 13.9. The third-order valence-electron chi connectivity index (χ3n) is 3.67. The summed E-state index contributed by atoms with van der Waals surface area (Å²) < 4.78 is 5.34. The number of halogens is 1. The molecule has 1 aliphatic carbocycles. The molecule has 1 aromatic carbocycles. The molecule has 104 valence electrons. The molecule has 4 heteroatoms. The number of hydrogen-bond donors (Lipinski definition) is 1. The predicted molar refractivity (Wildman–Crippen MR) is 74.2 cm³/mol. The maximum absolute atomic E-state index is 12.3. The van der Waals surface area contributed by atoms with Gasteiger partial charge in [0.2, 0.25) is 0 Å². The molecule has 0 aromatic heterocycles. The fourth-order valence-electron chi connectivity index (χ4n) is 2.50. The summed E-state index contributed by atoms with van der Waals surface area (Å²) in [6.07, 6.45) is 2.24. The normalized spacial score (nSPS) is 25.7. The number of aliphatic hydroxyl groups excluding tert-OH is 1. The van der Waals surface area contributed by atoms with Crippen molar-refractivity contribution >= 4 is 17.6 Å². The van der Waals surface area contributed by atoms with Crippen molar-refractivity contribution in [3.05, 3.63) is 34.9 Å². The van der Waals surface area contributed by atoms with Crippen molar-refractivity contribution in [1.29, 1.82) is 0 Å². The molecule has 0 aliphatic heterocycles. The van der Waals surface area contributed by atoms with Crippen molar-refractivity contribution in [2.45, 2.75) is 44.1 Å². The minimum absolute atomic E-state index is 0.242. The Kier molecular flexibility index (Phi) is 4.48. The molecule has 0 spiro atoms. The molecular weight excluding hydrogens is 264 g/mol. The minimum atomic E-state index is -0.710. The topological polar surface area (TPSA) is 46.5 Å². The summed E-state index contributed by atoms with van der Waals surface area (Å²) >= 11 is 5.99. The van der Waals surface area contributed by atoms with Gasteiger partial charge in [-0.2, -0.15) is 0 Å². The van der Waals surface area contributed by atoms with E-state index in [1.807, 2.05) is 19.1 Å². The molecule has 1 fully saturated rings. The van der Waals surface area contributed by atoms with Gasteiger partial charge < -0.3 is 9.84 Å². The first-order valence-corrected chi connectivity index (χ1v) is 7.07. The lowest BCUT2D eigenvalue weighted by Gasteiger charge is -2.43. The maximum Gasteiger partial charge on any atom is 0.316 e. The Bertz CT molecular complexity index is 452. The van der Waals surface area contributed by atoms with Crippen molar-refractivity contribution in [1.82, 2.24) is 0 Å². The summed E-state index contributed by atoms with van der Waals surface area (Å²) in [5, 5.41) is 10.2. The summed E-state index contributed by atoms with van der Waals surface area (Å²) in [5.74, 6) is -0.242. The van der Waals surface area contributed by atoms with Gasteiger partial charge in [-0.15, -0.1) is 0 Å². The highest BCUT2D eigenvalue weighted by molar-refractivity contribution is 6.30. The maximum atomic E-state index is 12.3. The molecular formula is C15H19ClO3. The number of aliphatic hydroxyl groups is 1. The smallest absolute Gasteiger partial charge is 0.316 e. The average molecular weight is 283 g/mol. The Labute approximate surface area is 118 Å². The van der Waals surface area contributed by atoms with E-state index in [0.29, 0.717) is 24.5 Å². The van der Waals surface area contributed by atoms with Gasteiger partial charge in [0.25, 0.3) is 0 Å².